The maximum absolute atomic E-state index is 5.19. The van der Waals surface area contributed by atoms with Gasteiger partial charge in [0.25, 0.3) is 0 Å². The van der Waals surface area contributed by atoms with Crippen LogP contribution in [0.3, 0.4) is 0 Å². The molecule has 1 aliphatic heterocycles. The van der Waals surface area contributed by atoms with Crippen LogP contribution in [0, 0.1) is 32.6 Å². The Morgan fingerprint density at radius 3 is 2.02 bits per heavy atom. The van der Waals surface area contributed by atoms with E-state index in [1.165, 1.54) is 39.2 Å². The average molecular weight is 864 g/mol. The van der Waals surface area contributed by atoms with Crippen molar-refractivity contribution in [3.63, 3.8) is 0 Å². The van der Waals surface area contributed by atoms with Crippen molar-refractivity contribution in [3.05, 3.63) is 172 Å². The van der Waals surface area contributed by atoms with Gasteiger partial charge < -0.3 is 14.2 Å². The molecule has 52 heavy (non-hydrogen) atoms. The van der Waals surface area contributed by atoms with Crippen LogP contribution in [0.15, 0.2) is 103 Å². The number of pyridine rings is 2. The molecule has 1 aliphatic carbocycles. The van der Waals surface area contributed by atoms with Gasteiger partial charge in [-0.25, -0.2) is 0 Å². The Morgan fingerprint density at radius 1 is 0.750 bits per heavy atom. The van der Waals surface area contributed by atoms with Crippen LogP contribution >= 0.6 is 0 Å². The number of imidazole rings is 1. The number of fused-ring (bicyclic) bond motifs is 4. The Hall–Kier alpha value is -4.47. The normalized spacial score (nSPS) is 15.3. The Labute approximate surface area is 323 Å². The molecule has 6 heteroatoms. The molecule has 0 spiro atoms. The van der Waals surface area contributed by atoms with Crippen molar-refractivity contribution in [3.8, 4) is 11.1 Å². The number of rotatable bonds is 5. The van der Waals surface area contributed by atoms with Gasteiger partial charge in [-0.3, -0.25) is 9.97 Å². The summed E-state index contributed by atoms with van der Waals surface area (Å²) in [5.74, 6) is 0. The third kappa shape index (κ3) is 5.22. The van der Waals surface area contributed by atoms with Crippen molar-refractivity contribution in [1.29, 1.82) is 0 Å². The maximum Gasteiger partial charge on any atom is 0.0486 e. The number of anilines is 1. The molecule has 0 atom stereocenters. The largest absolute Gasteiger partial charge is 0.508 e. The molecule has 0 N–H and O–H groups in total. The summed E-state index contributed by atoms with van der Waals surface area (Å²) in [4.78, 5) is 14.6. The molecular formula is C46H46N5Pt-3. The van der Waals surface area contributed by atoms with Gasteiger partial charge in [-0.15, -0.1) is 22.4 Å². The van der Waals surface area contributed by atoms with Gasteiger partial charge in [-0.1, -0.05) is 89.3 Å². The molecule has 4 heterocycles. The van der Waals surface area contributed by atoms with Gasteiger partial charge in [0.1, 0.15) is 0 Å². The fourth-order valence-electron chi connectivity index (χ4n) is 8.10. The molecule has 5 nitrogen and oxygen atoms in total. The molecule has 0 radical (unpaired) electrons. The number of nitrogens with zero attached hydrogens (tertiary/aromatic N) is 5. The van der Waals surface area contributed by atoms with Crippen molar-refractivity contribution in [2.24, 2.45) is 0 Å². The summed E-state index contributed by atoms with van der Waals surface area (Å²) in [5.41, 5.74) is 15.6. The van der Waals surface area contributed by atoms with E-state index < -0.39 is 10.8 Å². The van der Waals surface area contributed by atoms with E-state index in [1.54, 1.807) is 0 Å². The van der Waals surface area contributed by atoms with E-state index >= 15 is 0 Å². The first-order valence-corrected chi connectivity index (χ1v) is 17.9. The summed E-state index contributed by atoms with van der Waals surface area (Å²) in [5, 5.41) is 0. The molecule has 0 unspecified atom stereocenters. The molecule has 2 aliphatic rings. The van der Waals surface area contributed by atoms with Gasteiger partial charge in [0, 0.05) is 66.5 Å². The van der Waals surface area contributed by atoms with Crippen molar-refractivity contribution in [2.45, 2.75) is 78.6 Å². The summed E-state index contributed by atoms with van der Waals surface area (Å²) in [6.07, 6.45) is 4.24. The smallest absolute Gasteiger partial charge is 0.0486 e. The summed E-state index contributed by atoms with van der Waals surface area (Å²) >= 11 is 0. The molecule has 0 amide bonds. The van der Waals surface area contributed by atoms with Gasteiger partial charge >= 0.3 is 0 Å². The minimum Gasteiger partial charge on any atom is -0.508 e. The summed E-state index contributed by atoms with van der Waals surface area (Å²) < 4.78 is 2.29. The molecular weight excluding hydrogens is 818 g/mol. The van der Waals surface area contributed by atoms with Crippen LogP contribution in [-0.4, -0.2) is 26.3 Å². The van der Waals surface area contributed by atoms with Gasteiger partial charge in [0.05, 0.1) is 0 Å². The van der Waals surface area contributed by atoms with Crippen LogP contribution in [0.2, 0.25) is 0 Å². The first kappa shape index (κ1) is 35.9. The first-order valence-electron chi connectivity index (χ1n) is 17.9. The van der Waals surface area contributed by atoms with Gasteiger partial charge in [0.2, 0.25) is 0 Å². The second-order valence-electron chi connectivity index (χ2n) is 15.9. The van der Waals surface area contributed by atoms with Crippen molar-refractivity contribution >= 4 is 11.3 Å². The molecule has 268 valence electrons. The van der Waals surface area contributed by atoms with E-state index in [4.69, 9.17) is 9.97 Å². The molecule has 0 bridgehead atoms. The Morgan fingerprint density at radius 2 is 1.40 bits per heavy atom. The Kier molecular flexibility index (Phi) is 8.69. The predicted octanol–water partition coefficient (Wildman–Crippen LogP) is 10.1. The van der Waals surface area contributed by atoms with Crippen LogP contribution in [0.5, 0.6) is 0 Å². The molecule has 0 fully saturated rings. The van der Waals surface area contributed by atoms with E-state index in [0.717, 1.165) is 45.1 Å². The van der Waals surface area contributed by atoms with Crippen molar-refractivity contribution < 1.29 is 21.1 Å². The number of hydrogen-bond donors (Lipinski definition) is 0. The zero-order chi connectivity index (χ0) is 36.0. The Balaban J connectivity index is 0.00000420. The maximum atomic E-state index is 5.19. The fourth-order valence-corrected chi connectivity index (χ4v) is 8.10. The van der Waals surface area contributed by atoms with Crippen molar-refractivity contribution in [2.75, 3.05) is 11.9 Å². The molecule has 3 aromatic carbocycles. The predicted molar refractivity (Wildman–Crippen MR) is 208 cm³/mol. The molecule has 0 saturated carbocycles. The third-order valence-corrected chi connectivity index (χ3v) is 11.5. The molecule has 8 rings (SSSR count). The SMILES string of the molecule is CC1=C(C)N(c2[c-]c(C3(c4[c-]c(C(C)(C)c5cc(C(C)(C)C)ccn5)c5nc(C)c(C)n5c4)c4ccccc4-c4ccccc43)ccc2)[CH-]N1C.[Pt]. The molecule has 3 aromatic heterocycles. The minimum absolute atomic E-state index is 0. The fraction of sp³-hybridized carbons (Fsp3) is 0.283. The van der Waals surface area contributed by atoms with Gasteiger partial charge in [-0.2, -0.15) is 37.0 Å². The van der Waals surface area contributed by atoms with E-state index in [0.29, 0.717) is 0 Å². The van der Waals surface area contributed by atoms with E-state index in [1.807, 2.05) is 6.20 Å². The number of aromatic nitrogens is 3. The number of benzene rings is 3. The Bertz CT molecular complexity index is 2350. The van der Waals surface area contributed by atoms with Crippen LogP contribution < -0.4 is 4.90 Å². The summed E-state index contributed by atoms with van der Waals surface area (Å²) in [7, 11) is 2.10. The first-order chi connectivity index (χ1) is 24.2. The van der Waals surface area contributed by atoms with Crippen LogP contribution in [0.1, 0.15) is 98.9 Å². The van der Waals surface area contributed by atoms with Crippen LogP contribution in [0.25, 0.3) is 16.8 Å². The van der Waals surface area contributed by atoms with E-state index in [-0.39, 0.29) is 26.5 Å². The van der Waals surface area contributed by atoms with Gasteiger partial charge in [-0.05, 0) is 85.8 Å². The zero-order valence-corrected chi connectivity index (χ0v) is 34.1. The van der Waals surface area contributed by atoms with E-state index in [2.05, 4.69) is 187 Å². The standard InChI is InChI=1S/C46H46N5.Pt/c1-29-30(2)50-27-35(25-41(43(50)48-29)45(8,9)42-26-33(22-23-47-42)44(5,6)7)46(39-20-13-11-18-37(39)38-19-12-14-21-40(38)46)34-16-15-17-36(24-34)51-28-49(10)31(3)32(51)4;/h11-23,26-28H,1-10H3;/q-3;. The topological polar surface area (TPSA) is 36.7 Å². The average Bonchev–Trinajstić information content (AvgIpc) is 3.69. The number of aryl methyl sites for hydroxylation is 2. The summed E-state index contributed by atoms with van der Waals surface area (Å²) in [6.45, 7) is 22.1. The summed E-state index contributed by atoms with van der Waals surface area (Å²) in [6, 6.07) is 36.8. The molecule has 6 aromatic rings. The zero-order valence-electron chi connectivity index (χ0n) is 31.8. The van der Waals surface area contributed by atoms with Crippen LogP contribution in [0.4, 0.5) is 5.69 Å². The second-order valence-corrected chi connectivity index (χ2v) is 15.9. The second kappa shape index (κ2) is 12.6. The van der Waals surface area contributed by atoms with Crippen molar-refractivity contribution in [1.82, 2.24) is 19.3 Å². The monoisotopic (exact) mass is 863 g/mol. The number of hydrogen-bond acceptors (Lipinski definition) is 4. The van der Waals surface area contributed by atoms with Gasteiger partial charge in [0.15, 0.2) is 0 Å². The third-order valence-electron chi connectivity index (χ3n) is 11.5. The number of allylic oxidation sites excluding steroid dienone is 2. The molecule has 0 saturated heterocycles. The quantitative estimate of drug-likeness (QED) is 0.162. The van der Waals surface area contributed by atoms with Crippen LogP contribution in [-0.2, 0) is 37.3 Å². The van der Waals surface area contributed by atoms with E-state index in [9.17, 15) is 0 Å². The minimum atomic E-state index is -0.703.